The lowest BCUT2D eigenvalue weighted by atomic mass is 9.58. The molecular formula is C26H22N2O2. The highest BCUT2D eigenvalue weighted by Gasteiger charge is 2.53. The molecule has 4 rings (SSSR count). The summed E-state index contributed by atoms with van der Waals surface area (Å²) in [5, 5.41) is 31.0. The topological polar surface area (TPSA) is 84.9 Å². The van der Waals surface area contributed by atoms with E-state index in [0.717, 1.165) is 16.7 Å². The van der Waals surface area contributed by atoms with Gasteiger partial charge < -0.3 is 5.11 Å². The van der Waals surface area contributed by atoms with Gasteiger partial charge in [0, 0.05) is 18.8 Å². The van der Waals surface area contributed by atoms with Crippen LogP contribution in [0.1, 0.15) is 38.2 Å². The number of nitriles is 2. The molecule has 0 radical (unpaired) electrons. The summed E-state index contributed by atoms with van der Waals surface area (Å²) in [6, 6.07) is 22.1. The molecule has 0 saturated heterocycles. The molecule has 0 bridgehead atoms. The molecule has 0 fully saturated rings. The number of Topliss-reactive ketones (excluding diaryl/α,β-unsaturated/α-hetero) is 1. The Hall–Kier alpha value is -3.63. The van der Waals surface area contributed by atoms with Crippen molar-refractivity contribution in [1.82, 2.24) is 0 Å². The van der Waals surface area contributed by atoms with Gasteiger partial charge in [-0.25, -0.2) is 0 Å². The zero-order valence-corrected chi connectivity index (χ0v) is 17.0. The lowest BCUT2D eigenvalue weighted by Crippen LogP contribution is -2.39. The van der Waals surface area contributed by atoms with E-state index in [2.05, 4.69) is 12.1 Å². The van der Waals surface area contributed by atoms with Crippen LogP contribution in [0.4, 0.5) is 0 Å². The first kappa shape index (κ1) is 19.7. The van der Waals surface area contributed by atoms with E-state index >= 15 is 0 Å². The molecule has 1 N–H and O–H groups in total. The molecule has 4 heteroatoms. The van der Waals surface area contributed by atoms with Gasteiger partial charge in [-0.3, -0.25) is 4.79 Å². The first-order chi connectivity index (χ1) is 14.3. The highest BCUT2D eigenvalue weighted by atomic mass is 16.3. The minimum Gasteiger partial charge on any atom is -0.512 e. The van der Waals surface area contributed by atoms with Crippen molar-refractivity contribution in [1.29, 1.82) is 10.5 Å². The Bertz CT molecular complexity index is 1140. The number of nitrogens with zero attached hydrogens (tertiary/aromatic N) is 2. The van der Waals surface area contributed by atoms with Crippen LogP contribution in [0.25, 0.3) is 11.1 Å². The van der Waals surface area contributed by atoms with Gasteiger partial charge in [0.15, 0.2) is 11.2 Å². The quantitative estimate of drug-likeness (QED) is 0.717. The molecule has 2 aromatic rings. The van der Waals surface area contributed by atoms with Crippen LogP contribution in [0, 0.1) is 33.5 Å². The number of hydrogen-bond donors (Lipinski definition) is 1. The number of benzene rings is 2. The summed E-state index contributed by atoms with van der Waals surface area (Å²) in [5.74, 6) is -0.795. The molecule has 0 saturated carbocycles. The molecular weight excluding hydrogens is 372 g/mol. The van der Waals surface area contributed by atoms with E-state index in [-0.39, 0.29) is 30.0 Å². The SMILES string of the molecule is CC1(C)C=C2C(=C(O)C[C@@H](c3ccc(-c4ccccc4)cc3)C2(C#N)C#N)C(=O)C1. The average Bonchev–Trinajstić information content (AvgIpc) is 2.73. The molecule has 30 heavy (non-hydrogen) atoms. The second-order valence-corrected chi connectivity index (χ2v) is 8.74. The second-order valence-electron chi connectivity index (χ2n) is 8.74. The maximum Gasteiger partial charge on any atom is 0.176 e. The Morgan fingerprint density at radius 2 is 1.57 bits per heavy atom. The third-order valence-electron chi connectivity index (χ3n) is 6.11. The number of rotatable bonds is 2. The number of aliphatic hydroxyl groups excluding tert-OH is 1. The molecule has 0 aliphatic heterocycles. The number of hydrogen-bond acceptors (Lipinski definition) is 4. The molecule has 2 aliphatic carbocycles. The molecule has 4 nitrogen and oxygen atoms in total. The van der Waals surface area contributed by atoms with Crippen LogP contribution in [0.15, 0.2) is 77.6 Å². The van der Waals surface area contributed by atoms with E-state index < -0.39 is 16.7 Å². The third-order valence-corrected chi connectivity index (χ3v) is 6.11. The average molecular weight is 394 g/mol. The summed E-state index contributed by atoms with van der Waals surface area (Å²) in [7, 11) is 0. The van der Waals surface area contributed by atoms with Crippen LogP contribution in [-0.2, 0) is 4.79 Å². The highest BCUT2D eigenvalue weighted by Crippen LogP contribution is 2.55. The molecule has 0 spiro atoms. The normalized spacial score (nSPS) is 21.8. The number of allylic oxidation sites excluding steroid dienone is 4. The van der Waals surface area contributed by atoms with Gasteiger partial charge in [-0.2, -0.15) is 10.5 Å². The number of aliphatic hydroxyl groups is 1. The second kappa shape index (κ2) is 7.01. The maximum atomic E-state index is 12.7. The monoisotopic (exact) mass is 394 g/mol. The summed E-state index contributed by atoms with van der Waals surface area (Å²) < 4.78 is 0. The first-order valence-corrected chi connectivity index (χ1v) is 9.98. The summed E-state index contributed by atoms with van der Waals surface area (Å²) in [4.78, 5) is 12.7. The van der Waals surface area contributed by atoms with Gasteiger partial charge in [-0.15, -0.1) is 0 Å². The van der Waals surface area contributed by atoms with Gasteiger partial charge in [0.25, 0.3) is 0 Å². The van der Waals surface area contributed by atoms with Crippen molar-refractivity contribution < 1.29 is 9.90 Å². The van der Waals surface area contributed by atoms with Crippen molar-refractivity contribution >= 4 is 5.78 Å². The fourth-order valence-corrected chi connectivity index (χ4v) is 4.64. The van der Waals surface area contributed by atoms with E-state index in [9.17, 15) is 20.4 Å². The Labute approximate surface area is 176 Å². The Morgan fingerprint density at radius 3 is 2.17 bits per heavy atom. The molecule has 0 unspecified atom stereocenters. The standard InChI is InChI=1S/C26H22N2O2/c1-25(2)13-21-24(23(30)14-25)22(29)12-20(26(21,15-27)16-28)19-10-8-18(9-11-19)17-6-4-3-5-7-17/h3-11,13,20,29H,12,14H2,1-2H3/t20-/m0/s1. The van der Waals surface area contributed by atoms with E-state index in [1.165, 1.54) is 0 Å². The van der Waals surface area contributed by atoms with Gasteiger partial charge in [0.2, 0.25) is 0 Å². The molecule has 0 amide bonds. The fourth-order valence-electron chi connectivity index (χ4n) is 4.64. The van der Waals surface area contributed by atoms with Gasteiger partial charge in [-0.1, -0.05) is 74.5 Å². The van der Waals surface area contributed by atoms with Gasteiger partial charge in [0.05, 0.1) is 17.7 Å². The highest BCUT2D eigenvalue weighted by molar-refractivity contribution is 6.03. The summed E-state index contributed by atoms with van der Waals surface area (Å²) >= 11 is 0. The van der Waals surface area contributed by atoms with Gasteiger partial charge >= 0.3 is 0 Å². The first-order valence-electron chi connectivity index (χ1n) is 9.98. The molecule has 2 aliphatic rings. The van der Waals surface area contributed by atoms with E-state index in [1.54, 1.807) is 0 Å². The number of fused-ring (bicyclic) bond motifs is 1. The maximum absolute atomic E-state index is 12.7. The molecule has 148 valence electrons. The van der Waals surface area contributed by atoms with Crippen LogP contribution in [0.3, 0.4) is 0 Å². The number of ketones is 1. The van der Waals surface area contributed by atoms with Crippen LogP contribution in [0.2, 0.25) is 0 Å². The predicted molar refractivity (Wildman–Crippen MR) is 114 cm³/mol. The Kier molecular flexibility index (Phi) is 4.60. The van der Waals surface area contributed by atoms with E-state index in [0.29, 0.717) is 5.57 Å². The van der Waals surface area contributed by atoms with Gasteiger partial charge in [-0.05, 0) is 27.7 Å². The van der Waals surface area contributed by atoms with Crippen LogP contribution < -0.4 is 0 Å². The molecule has 0 heterocycles. The lowest BCUT2D eigenvalue weighted by Gasteiger charge is -2.41. The van der Waals surface area contributed by atoms with E-state index in [1.807, 2.05) is 74.5 Å². The van der Waals surface area contributed by atoms with Crippen molar-refractivity contribution in [3.8, 4) is 23.3 Å². The number of carbonyl (C=O) groups is 1. The zero-order valence-electron chi connectivity index (χ0n) is 17.0. The summed E-state index contributed by atoms with van der Waals surface area (Å²) in [5.41, 5.74) is 1.41. The lowest BCUT2D eigenvalue weighted by molar-refractivity contribution is -0.117. The smallest absolute Gasteiger partial charge is 0.176 e. The van der Waals surface area contributed by atoms with Gasteiger partial charge in [0.1, 0.15) is 5.76 Å². The molecule has 1 atom stereocenters. The van der Waals surface area contributed by atoms with Crippen LogP contribution in [0.5, 0.6) is 0 Å². The largest absolute Gasteiger partial charge is 0.512 e. The van der Waals surface area contributed by atoms with Crippen molar-refractivity contribution in [2.24, 2.45) is 10.8 Å². The predicted octanol–water partition coefficient (Wildman–Crippen LogP) is 5.61. The van der Waals surface area contributed by atoms with Crippen molar-refractivity contribution in [2.75, 3.05) is 0 Å². The fraction of sp³-hybridized carbons (Fsp3) is 0.269. The third kappa shape index (κ3) is 3.02. The summed E-state index contributed by atoms with van der Waals surface area (Å²) in [6.45, 7) is 3.81. The molecule has 0 aromatic heterocycles. The van der Waals surface area contributed by atoms with Crippen molar-refractivity contribution in [3.05, 3.63) is 83.1 Å². The van der Waals surface area contributed by atoms with Crippen LogP contribution >= 0.6 is 0 Å². The van der Waals surface area contributed by atoms with Crippen LogP contribution in [-0.4, -0.2) is 10.9 Å². The van der Waals surface area contributed by atoms with Crippen molar-refractivity contribution in [3.63, 3.8) is 0 Å². The summed E-state index contributed by atoms with van der Waals surface area (Å²) in [6.07, 6.45) is 2.17. The Morgan fingerprint density at radius 1 is 0.967 bits per heavy atom. The zero-order chi connectivity index (χ0) is 21.5. The van der Waals surface area contributed by atoms with Crippen molar-refractivity contribution in [2.45, 2.75) is 32.6 Å². The molecule has 2 aromatic carbocycles. The Balaban J connectivity index is 1.84. The van der Waals surface area contributed by atoms with E-state index in [4.69, 9.17) is 0 Å². The minimum atomic E-state index is -1.52. The minimum absolute atomic E-state index is 0.0278. The number of carbonyl (C=O) groups excluding carboxylic acids is 1.